The second-order valence-corrected chi connectivity index (χ2v) is 7.03. The summed E-state index contributed by atoms with van der Waals surface area (Å²) in [6.07, 6.45) is 14.5. The second kappa shape index (κ2) is 8.90. The van der Waals surface area contributed by atoms with Crippen molar-refractivity contribution in [1.29, 1.82) is 0 Å². The largest absolute Gasteiger partial charge is 0.474 e. The van der Waals surface area contributed by atoms with Crippen LogP contribution in [0.15, 0.2) is 23.3 Å². The van der Waals surface area contributed by atoms with Crippen LogP contribution in [0.5, 0.6) is 5.88 Å². The zero-order chi connectivity index (χ0) is 16.6. The molecule has 0 radical (unpaired) electrons. The van der Waals surface area contributed by atoms with E-state index >= 15 is 0 Å². The molecule has 2 saturated carbocycles. The predicted octanol–water partition coefficient (Wildman–Crippen LogP) is 3.53. The summed E-state index contributed by atoms with van der Waals surface area (Å²) in [5, 5.41) is 3.39. The third-order valence-corrected chi connectivity index (χ3v) is 5.06. The zero-order valence-electron chi connectivity index (χ0n) is 14.5. The van der Waals surface area contributed by atoms with Gasteiger partial charge in [0.05, 0.1) is 6.54 Å². The lowest BCUT2D eigenvalue weighted by Crippen LogP contribution is -2.39. The van der Waals surface area contributed by atoms with Gasteiger partial charge in [0, 0.05) is 17.8 Å². The molecule has 1 heterocycles. The number of nitrogens with zero attached hydrogens (tertiary/aromatic N) is 2. The highest BCUT2D eigenvalue weighted by Gasteiger charge is 2.18. The van der Waals surface area contributed by atoms with E-state index in [0.717, 1.165) is 24.3 Å². The summed E-state index contributed by atoms with van der Waals surface area (Å²) in [6.45, 7) is 0.515. The van der Waals surface area contributed by atoms with Gasteiger partial charge in [-0.1, -0.05) is 31.7 Å². The zero-order valence-corrected chi connectivity index (χ0v) is 14.5. The van der Waals surface area contributed by atoms with E-state index in [9.17, 15) is 0 Å². The van der Waals surface area contributed by atoms with E-state index in [1.54, 1.807) is 6.20 Å². The molecule has 3 N–H and O–H groups in total. The van der Waals surface area contributed by atoms with Crippen molar-refractivity contribution in [3.8, 4) is 5.88 Å². The van der Waals surface area contributed by atoms with Gasteiger partial charge in [-0.25, -0.2) is 9.98 Å². The number of rotatable bonds is 5. The minimum Gasteiger partial charge on any atom is -0.474 e. The molecule has 1 aromatic heterocycles. The molecule has 1 aromatic rings. The predicted molar refractivity (Wildman–Crippen MR) is 97.1 cm³/mol. The van der Waals surface area contributed by atoms with Gasteiger partial charge in [0.1, 0.15) is 6.10 Å². The van der Waals surface area contributed by atoms with E-state index in [1.807, 2.05) is 12.1 Å². The van der Waals surface area contributed by atoms with Gasteiger partial charge in [-0.05, 0) is 44.6 Å². The van der Waals surface area contributed by atoms with Crippen LogP contribution in [-0.4, -0.2) is 23.1 Å². The average molecular weight is 330 g/mol. The summed E-state index contributed by atoms with van der Waals surface area (Å²) < 4.78 is 6.06. The number of ether oxygens (including phenoxy) is 1. The molecule has 3 rings (SSSR count). The quantitative estimate of drug-likeness (QED) is 0.492. The summed E-state index contributed by atoms with van der Waals surface area (Å²) in [4.78, 5) is 8.91. The van der Waals surface area contributed by atoms with E-state index in [-0.39, 0.29) is 0 Å². The Morgan fingerprint density at radius 2 is 1.83 bits per heavy atom. The van der Waals surface area contributed by atoms with Crippen LogP contribution in [0.25, 0.3) is 0 Å². The average Bonchev–Trinajstić information content (AvgIpc) is 2.97. The first kappa shape index (κ1) is 17.1. The molecule has 0 unspecified atom stereocenters. The number of guanidine groups is 1. The Bertz CT molecular complexity index is 532. The lowest BCUT2D eigenvalue weighted by molar-refractivity contribution is 0.199. The Morgan fingerprint density at radius 3 is 2.58 bits per heavy atom. The summed E-state index contributed by atoms with van der Waals surface area (Å²) in [6, 6.07) is 4.43. The molecule has 5 nitrogen and oxygen atoms in total. The van der Waals surface area contributed by atoms with Gasteiger partial charge in [-0.15, -0.1) is 0 Å². The molecule has 2 aliphatic rings. The van der Waals surface area contributed by atoms with Crippen LogP contribution in [0.2, 0.25) is 0 Å². The van der Waals surface area contributed by atoms with Gasteiger partial charge >= 0.3 is 0 Å². The number of nitrogens with two attached hydrogens (primary N) is 1. The molecule has 24 heavy (non-hydrogen) atoms. The first-order chi connectivity index (χ1) is 11.8. The van der Waals surface area contributed by atoms with Crippen molar-refractivity contribution in [2.75, 3.05) is 0 Å². The van der Waals surface area contributed by atoms with Crippen molar-refractivity contribution in [3.63, 3.8) is 0 Å². The molecule has 5 heteroatoms. The number of aromatic nitrogens is 1. The number of hydrogen-bond acceptors (Lipinski definition) is 3. The van der Waals surface area contributed by atoms with Gasteiger partial charge in [0.25, 0.3) is 0 Å². The third-order valence-electron chi connectivity index (χ3n) is 5.06. The molecule has 0 aliphatic heterocycles. The molecule has 0 saturated heterocycles. The number of hydrogen-bond donors (Lipinski definition) is 2. The van der Waals surface area contributed by atoms with Crippen molar-refractivity contribution in [2.24, 2.45) is 10.7 Å². The Morgan fingerprint density at radius 1 is 1.12 bits per heavy atom. The van der Waals surface area contributed by atoms with Gasteiger partial charge in [-0.2, -0.15) is 0 Å². The maximum atomic E-state index is 6.09. The van der Waals surface area contributed by atoms with Crippen LogP contribution in [-0.2, 0) is 6.54 Å². The van der Waals surface area contributed by atoms with E-state index in [4.69, 9.17) is 10.5 Å². The maximum Gasteiger partial charge on any atom is 0.218 e. The summed E-state index contributed by atoms with van der Waals surface area (Å²) >= 11 is 0. The smallest absolute Gasteiger partial charge is 0.218 e. The number of nitrogens with one attached hydrogen (secondary N) is 1. The van der Waals surface area contributed by atoms with Gasteiger partial charge in [0.2, 0.25) is 5.88 Å². The fourth-order valence-electron chi connectivity index (χ4n) is 3.66. The van der Waals surface area contributed by atoms with Crippen molar-refractivity contribution in [3.05, 3.63) is 23.9 Å². The molecule has 0 atom stereocenters. The van der Waals surface area contributed by atoms with Crippen LogP contribution < -0.4 is 15.8 Å². The maximum absolute atomic E-state index is 6.09. The summed E-state index contributed by atoms with van der Waals surface area (Å²) in [7, 11) is 0. The molecule has 2 aliphatic carbocycles. The monoisotopic (exact) mass is 330 g/mol. The van der Waals surface area contributed by atoms with E-state index < -0.39 is 0 Å². The molecular weight excluding hydrogens is 300 g/mol. The van der Waals surface area contributed by atoms with Crippen molar-refractivity contribution < 1.29 is 4.74 Å². The normalized spacial score (nSPS) is 20.8. The Balaban J connectivity index is 1.56. The van der Waals surface area contributed by atoms with E-state index in [1.165, 1.54) is 51.4 Å². The Kier molecular flexibility index (Phi) is 6.33. The summed E-state index contributed by atoms with van der Waals surface area (Å²) in [5.41, 5.74) is 7.10. The standard InChI is InChI=1S/C19H30N4O/c20-19(23-16-9-3-1-2-4-10-16)22-14-15-8-7-13-21-18(15)24-17-11-5-6-12-17/h7-8,13,16-17H,1-6,9-12,14H2,(H3,20,22,23). The molecule has 132 valence electrons. The molecule has 0 amide bonds. The molecule has 0 aromatic carbocycles. The highest BCUT2D eigenvalue weighted by atomic mass is 16.5. The first-order valence-corrected chi connectivity index (χ1v) is 9.48. The van der Waals surface area contributed by atoms with Gasteiger partial charge in [-0.3, -0.25) is 0 Å². The van der Waals surface area contributed by atoms with Crippen molar-refractivity contribution in [1.82, 2.24) is 10.3 Å². The minimum atomic E-state index is 0.309. The van der Waals surface area contributed by atoms with Crippen molar-refractivity contribution in [2.45, 2.75) is 82.9 Å². The van der Waals surface area contributed by atoms with Crippen LogP contribution in [0.4, 0.5) is 0 Å². The molecular formula is C19H30N4O. The van der Waals surface area contributed by atoms with Crippen LogP contribution in [0.3, 0.4) is 0 Å². The number of pyridine rings is 1. The summed E-state index contributed by atoms with van der Waals surface area (Å²) in [5.74, 6) is 1.26. The SMILES string of the molecule is NC(=NCc1cccnc1OC1CCCC1)NC1CCCCCC1. The topological polar surface area (TPSA) is 72.5 Å². The number of aliphatic imine (C=N–C) groups is 1. The highest BCUT2D eigenvalue weighted by molar-refractivity contribution is 5.78. The highest BCUT2D eigenvalue weighted by Crippen LogP contribution is 2.25. The molecule has 0 spiro atoms. The fourth-order valence-corrected chi connectivity index (χ4v) is 3.66. The van der Waals surface area contributed by atoms with Crippen LogP contribution in [0.1, 0.15) is 69.8 Å². The lowest BCUT2D eigenvalue weighted by atomic mass is 10.1. The van der Waals surface area contributed by atoms with Gasteiger partial charge < -0.3 is 15.8 Å². The van der Waals surface area contributed by atoms with Crippen LogP contribution >= 0.6 is 0 Å². The Hall–Kier alpha value is -1.78. The third kappa shape index (κ3) is 5.11. The van der Waals surface area contributed by atoms with E-state index in [2.05, 4.69) is 15.3 Å². The first-order valence-electron chi connectivity index (χ1n) is 9.48. The minimum absolute atomic E-state index is 0.309. The molecule has 2 fully saturated rings. The second-order valence-electron chi connectivity index (χ2n) is 7.03. The van der Waals surface area contributed by atoms with Gasteiger partial charge in [0.15, 0.2) is 5.96 Å². The fraction of sp³-hybridized carbons (Fsp3) is 0.684. The van der Waals surface area contributed by atoms with Crippen molar-refractivity contribution >= 4 is 5.96 Å². The molecule has 0 bridgehead atoms. The van der Waals surface area contributed by atoms with Crippen LogP contribution in [0, 0.1) is 0 Å². The van der Waals surface area contributed by atoms with E-state index in [0.29, 0.717) is 24.7 Å². The lowest BCUT2D eigenvalue weighted by Gasteiger charge is -2.17. The Labute approximate surface area is 145 Å².